The first-order valence-corrected chi connectivity index (χ1v) is 6.93. The molecule has 0 fully saturated rings. The molecule has 1 aromatic heterocycles. The van der Waals surface area contributed by atoms with Gasteiger partial charge in [-0.05, 0) is 20.3 Å². The lowest BCUT2D eigenvalue weighted by Gasteiger charge is -2.13. The van der Waals surface area contributed by atoms with Crippen LogP contribution < -0.4 is 5.32 Å². The van der Waals surface area contributed by atoms with Crippen LogP contribution in [0.25, 0.3) is 11.3 Å². The summed E-state index contributed by atoms with van der Waals surface area (Å²) in [5.41, 5.74) is 3.31. The fourth-order valence-electron chi connectivity index (χ4n) is 2.12. The third-order valence-electron chi connectivity index (χ3n) is 3.06. The number of hydrogen-bond donors (Lipinski definition) is 1. The molecule has 0 aliphatic heterocycles. The lowest BCUT2D eigenvalue weighted by atomic mass is 10.1. The topological polar surface area (TPSA) is 37.8 Å². The number of nitrogens with one attached hydrogen (secondary N) is 1. The normalized spacial score (nSPS) is 10.5. The summed E-state index contributed by atoms with van der Waals surface area (Å²) in [5.74, 6) is 1.88. The van der Waals surface area contributed by atoms with Gasteiger partial charge in [0.05, 0.1) is 5.69 Å². The first-order chi connectivity index (χ1) is 9.26. The molecular formula is C16H21N3. The van der Waals surface area contributed by atoms with Crippen LogP contribution in [0, 0.1) is 6.92 Å². The number of anilines is 1. The predicted molar refractivity (Wildman–Crippen MR) is 80.4 cm³/mol. The van der Waals surface area contributed by atoms with Gasteiger partial charge in [-0.3, -0.25) is 0 Å². The molecule has 0 amide bonds. The summed E-state index contributed by atoms with van der Waals surface area (Å²) in [6.07, 6.45) is 1.97. The maximum absolute atomic E-state index is 4.72. The van der Waals surface area contributed by atoms with Crippen LogP contribution in [0.3, 0.4) is 0 Å². The molecule has 2 aromatic rings. The Morgan fingerprint density at radius 3 is 2.42 bits per heavy atom. The lowest BCUT2D eigenvalue weighted by Crippen LogP contribution is -2.07. The SMILES string of the molecule is CCCc1nc(NCC)c(C)c(-c2ccccc2)n1. The molecule has 0 saturated heterocycles. The first kappa shape index (κ1) is 13.5. The van der Waals surface area contributed by atoms with Crippen molar-refractivity contribution in [3.63, 3.8) is 0 Å². The number of rotatable bonds is 5. The van der Waals surface area contributed by atoms with E-state index in [-0.39, 0.29) is 0 Å². The van der Waals surface area contributed by atoms with E-state index in [0.29, 0.717) is 0 Å². The predicted octanol–water partition coefficient (Wildman–Crippen LogP) is 3.84. The van der Waals surface area contributed by atoms with Crippen molar-refractivity contribution in [3.05, 3.63) is 41.7 Å². The van der Waals surface area contributed by atoms with E-state index in [1.54, 1.807) is 0 Å². The zero-order valence-corrected chi connectivity index (χ0v) is 11.9. The molecule has 1 heterocycles. The minimum atomic E-state index is 0.873. The molecule has 0 bridgehead atoms. The third-order valence-corrected chi connectivity index (χ3v) is 3.06. The molecule has 3 nitrogen and oxygen atoms in total. The molecule has 1 aromatic carbocycles. The molecule has 0 unspecified atom stereocenters. The second-order valence-electron chi connectivity index (χ2n) is 4.61. The van der Waals surface area contributed by atoms with Gasteiger partial charge in [0.2, 0.25) is 0 Å². The molecule has 1 N–H and O–H groups in total. The van der Waals surface area contributed by atoms with E-state index in [0.717, 1.165) is 47.8 Å². The second kappa shape index (κ2) is 6.32. The van der Waals surface area contributed by atoms with Crippen molar-refractivity contribution in [3.8, 4) is 11.3 Å². The summed E-state index contributed by atoms with van der Waals surface area (Å²) in [4.78, 5) is 9.34. The van der Waals surface area contributed by atoms with Crippen LogP contribution >= 0.6 is 0 Å². The quantitative estimate of drug-likeness (QED) is 0.882. The van der Waals surface area contributed by atoms with Crippen LogP contribution in [0.5, 0.6) is 0 Å². The van der Waals surface area contributed by atoms with Crippen molar-refractivity contribution in [1.29, 1.82) is 0 Å². The summed E-state index contributed by atoms with van der Waals surface area (Å²) in [5, 5.41) is 3.33. The van der Waals surface area contributed by atoms with E-state index in [9.17, 15) is 0 Å². The fourth-order valence-corrected chi connectivity index (χ4v) is 2.12. The third kappa shape index (κ3) is 3.11. The van der Waals surface area contributed by atoms with Gasteiger partial charge in [-0.15, -0.1) is 0 Å². The van der Waals surface area contributed by atoms with E-state index in [1.165, 1.54) is 0 Å². The van der Waals surface area contributed by atoms with Gasteiger partial charge in [-0.25, -0.2) is 9.97 Å². The molecule has 0 atom stereocenters. The Morgan fingerprint density at radius 1 is 1.05 bits per heavy atom. The van der Waals surface area contributed by atoms with Gasteiger partial charge in [0, 0.05) is 24.1 Å². The largest absolute Gasteiger partial charge is 0.370 e. The number of benzene rings is 1. The number of hydrogen-bond acceptors (Lipinski definition) is 3. The molecule has 100 valence electrons. The molecule has 0 aliphatic carbocycles. The zero-order valence-electron chi connectivity index (χ0n) is 11.9. The van der Waals surface area contributed by atoms with Crippen molar-refractivity contribution >= 4 is 5.82 Å². The van der Waals surface area contributed by atoms with E-state index in [1.807, 2.05) is 18.2 Å². The summed E-state index contributed by atoms with van der Waals surface area (Å²) in [6.45, 7) is 7.19. The van der Waals surface area contributed by atoms with Gasteiger partial charge in [-0.1, -0.05) is 37.3 Å². The first-order valence-electron chi connectivity index (χ1n) is 6.93. The summed E-state index contributed by atoms with van der Waals surface area (Å²) < 4.78 is 0. The molecule has 0 spiro atoms. The molecule has 19 heavy (non-hydrogen) atoms. The van der Waals surface area contributed by atoms with Gasteiger partial charge in [0.1, 0.15) is 11.6 Å². The van der Waals surface area contributed by atoms with E-state index in [4.69, 9.17) is 4.98 Å². The highest BCUT2D eigenvalue weighted by Crippen LogP contribution is 2.25. The highest BCUT2D eigenvalue weighted by Gasteiger charge is 2.11. The number of aromatic nitrogens is 2. The summed E-state index contributed by atoms with van der Waals surface area (Å²) in [7, 11) is 0. The minimum absolute atomic E-state index is 0.873. The number of nitrogens with zero attached hydrogens (tertiary/aromatic N) is 2. The van der Waals surface area contributed by atoms with Crippen LogP contribution in [-0.4, -0.2) is 16.5 Å². The van der Waals surface area contributed by atoms with E-state index >= 15 is 0 Å². The Bertz CT molecular complexity index is 535. The molecule has 3 heteroatoms. The van der Waals surface area contributed by atoms with Crippen LogP contribution in [0.2, 0.25) is 0 Å². The van der Waals surface area contributed by atoms with Crippen molar-refractivity contribution < 1.29 is 0 Å². The van der Waals surface area contributed by atoms with Gasteiger partial charge >= 0.3 is 0 Å². The van der Waals surface area contributed by atoms with Crippen LogP contribution in [0.1, 0.15) is 31.7 Å². The highest BCUT2D eigenvalue weighted by atomic mass is 15.0. The Balaban J connectivity index is 2.52. The smallest absolute Gasteiger partial charge is 0.133 e. The Hall–Kier alpha value is -1.90. The van der Waals surface area contributed by atoms with Crippen molar-refractivity contribution in [2.24, 2.45) is 0 Å². The average Bonchev–Trinajstić information content (AvgIpc) is 2.44. The standard InChI is InChI=1S/C16H21N3/c1-4-9-14-18-15(13-10-7-6-8-11-13)12(3)16(19-14)17-5-2/h6-8,10-11H,4-5,9H2,1-3H3,(H,17,18,19). The Morgan fingerprint density at radius 2 is 1.79 bits per heavy atom. The van der Waals surface area contributed by atoms with Gasteiger partial charge in [0.25, 0.3) is 0 Å². The summed E-state index contributed by atoms with van der Waals surface area (Å²) in [6, 6.07) is 10.3. The Labute approximate surface area is 115 Å². The Kier molecular flexibility index (Phi) is 4.50. The van der Waals surface area contributed by atoms with Gasteiger partial charge in [-0.2, -0.15) is 0 Å². The zero-order chi connectivity index (χ0) is 13.7. The summed E-state index contributed by atoms with van der Waals surface area (Å²) >= 11 is 0. The van der Waals surface area contributed by atoms with Crippen molar-refractivity contribution in [2.45, 2.75) is 33.6 Å². The second-order valence-corrected chi connectivity index (χ2v) is 4.61. The lowest BCUT2D eigenvalue weighted by molar-refractivity contribution is 0.833. The van der Waals surface area contributed by atoms with Gasteiger partial charge < -0.3 is 5.32 Å². The minimum Gasteiger partial charge on any atom is -0.370 e. The van der Waals surface area contributed by atoms with Crippen LogP contribution in [-0.2, 0) is 6.42 Å². The molecular weight excluding hydrogens is 234 g/mol. The maximum Gasteiger partial charge on any atom is 0.133 e. The fraction of sp³-hybridized carbons (Fsp3) is 0.375. The molecule has 0 aliphatic rings. The van der Waals surface area contributed by atoms with E-state index < -0.39 is 0 Å². The number of aryl methyl sites for hydroxylation is 1. The average molecular weight is 255 g/mol. The molecule has 0 radical (unpaired) electrons. The van der Waals surface area contributed by atoms with E-state index in [2.05, 4.69) is 43.2 Å². The van der Waals surface area contributed by atoms with Crippen molar-refractivity contribution in [2.75, 3.05) is 11.9 Å². The monoisotopic (exact) mass is 255 g/mol. The van der Waals surface area contributed by atoms with Crippen LogP contribution in [0.15, 0.2) is 30.3 Å². The molecule has 2 rings (SSSR count). The highest BCUT2D eigenvalue weighted by molar-refractivity contribution is 5.68. The van der Waals surface area contributed by atoms with Crippen molar-refractivity contribution in [1.82, 2.24) is 9.97 Å². The van der Waals surface area contributed by atoms with Gasteiger partial charge in [0.15, 0.2) is 0 Å². The van der Waals surface area contributed by atoms with Crippen LogP contribution in [0.4, 0.5) is 5.82 Å². The maximum atomic E-state index is 4.72. The molecule has 0 saturated carbocycles.